The van der Waals surface area contributed by atoms with Crippen LogP contribution in [0.4, 0.5) is 4.79 Å². The highest BCUT2D eigenvalue weighted by molar-refractivity contribution is 5.82. The molecule has 1 rings (SSSR count). The van der Waals surface area contributed by atoms with Crippen LogP contribution in [-0.2, 0) is 9.53 Å². The Bertz CT molecular complexity index is 313. The molecule has 0 saturated carbocycles. The van der Waals surface area contributed by atoms with E-state index >= 15 is 0 Å². The molecule has 0 radical (unpaired) electrons. The Morgan fingerprint density at radius 3 is 2.61 bits per heavy atom. The molecule has 7 nitrogen and oxygen atoms in total. The van der Waals surface area contributed by atoms with Crippen LogP contribution in [0.1, 0.15) is 26.7 Å². The van der Waals surface area contributed by atoms with Gasteiger partial charge in [0.05, 0.1) is 11.7 Å². The lowest BCUT2D eigenvalue weighted by molar-refractivity contribution is -0.141. The highest BCUT2D eigenvalue weighted by Crippen LogP contribution is 2.23. The molecule has 0 aromatic carbocycles. The number of ether oxygens (including phenoxy) is 1. The number of hydrogen-bond acceptors (Lipinski definition) is 4. The molecule has 0 aromatic heterocycles. The summed E-state index contributed by atoms with van der Waals surface area (Å²) in [5.41, 5.74) is -0.388. The minimum atomic E-state index is -1.32. The van der Waals surface area contributed by atoms with Gasteiger partial charge >= 0.3 is 12.0 Å². The first kappa shape index (κ1) is 14.7. The summed E-state index contributed by atoms with van der Waals surface area (Å²) in [6.45, 7) is 4.18. The topological polar surface area (TPSA) is 108 Å². The lowest BCUT2D eigenvalue weighted by Gasteiger charge is -2.24. The SMILES string of the molecule is CC(O)C(NC(=O)NCC1(C)CCCO1)C(=O)O. The predicted molar refractivity (Wildman–Crippen MR) is 63.2 cm³/mol. The van der Waals surface area contributed by atoms with Crippen LogP contribution in [0.2, 0.25) is 0 Å². The van der Waals surface area contributed by atoms with Crippen molar-refractivity contribution >= 4 is 12.0 Å². The number of aliphatic hydroxyl groups excluding tert-OH is 1. The molecule has 3 unspecified atom stereocenters. The third kappa shape index (κ3) is 4.15. The lowest BCUT2D eigenvalue weighted by Crippen LogP contribution is -2.53. The molecule has 1 aliphatic heterocycles. The zero-order chi connectivity index (χ0) is 13.8. The van der Waals surface area contributed by atoms with Gasteiger partial charge in [-0.25, -0.2) is 9.59 Å². The molecule has 7 heteroatoms. The number of aliphatic hydroxyl groups is 1. The molecule has 0 aliphatic carbocycles. The molecular weight excluding hydrogens is 240 g/mol. The summed E-state index contributed by atoms with van der Waals surface area (Å²) in [6.07, 6.45) is 0.642. The van der Waals surface area contributed by atoms with Gasteiger partial charge in [-0.1, -0.05) is 0 Å². The second kappa shape index (κ2) is 6.01. The Labute approximate surface area is 106 Å². The maximum absolute atomic E-state index is 11.5. The van der Waals surface area contributed by atoms with Crippen LogP contribution in [0.15, 0.2) is 0 Å². The minimum Gasteiger partial charge on any atom is -0.480 e. The molecule has 2 amide bonds. The van der Waals surface area contributed by atoms with E-state index < -0.39 is 24.1 Å². The van der Waals surface area contributed by atoms with Crippen molar-refractivity contribution in [3.05, 3.63) is 0 Å². The van der Waals surface area contributed by atoms with E-state index in [0.717, 1.165) is 12.8 Å². The summed E-state index contributed by atoms with van der Waals surface area (Å²) in [4.78, 5) is 22.3. The average Bonchev–Trinajstić information content (AvgIpc) is 2.70. The summed E-state index contributed by atoms with van der Waals surface area (Å²) in [6, 6.07) is -1.94. The van der Waals surface area contributed by atoms with E-state index in [0.29, 0.717) is 13.2 Å². The standard InChI is InChI=1S/C11H20N2O5/c1-7(14)8(9(15)16)13-10(17)12-6-11(2)4-3-5-18-11/h7-8,14H,3-6H2,1-2H3,(H,15,16)(H2,12,13,17). The van der Waals surface area contributed by atoms with Crippen LogP contribution in [0.3, 0.4) is 0 Å². The smallest absolute Gasteiger partial charge is 0.328 e. The molecule has 1 fully saturated rings. The monoisotopic (exact) mass is 260 g/mol. The van der Waals surface area contributed by atoms with Crippen LogP contribution in [0.5, 0.6) is 0 Å². The Kier molecular flexibility index (Phi) is 4.92. The Morgan fingerprint density at radius 2 is 2.17 bits per heavy atom. The van der Waals surface area contributed by atoms with Crippen molar-refractivity contribution < 1.29 is 24.5 Å². The van der Waals surface area contributed by atoms with E-state index in [1.165, 1.54) is 6.92 Å². The van der Waals surface area contributed by atoms with E-state index in [2.05, 4.69) is 10.6 Å². The third-order valence-electron chi connectivity index (χ3n) is 2.96. The van der Waals surface area contributed by atoms with Gasteiger partial charge in [-0.05, 0) is 26.7 Å². The number of carbonyl (C=O) groups is 2. The van der Waals surface area contributed by atoms with E-state index in [1.54, 1.807) is 0 Å². The fourth-order valence-corrected chi connectivity index (χ4v) is 1.82. The number of urea groups is 1. The number of nitrogens with one attached hydrogen (secondary N) is 2. The van der Waals surface area contributed by atoms with Gasteiger partial charge < -0.3 is 25.6 Å². The zero-order valence-corrected chi connectivity index (χ0v) is 10.6. The Balaban J connectivity index is 2.38. The van der Waals surface area contributed by atoms with Crippen molar-refractivity contribution in [2.45, 2.75) is 44.4 Å². The van der Waals surface area contributed by atoms with Crippen molar-refractivity contribution in [2.24, 2.45) is 0 Å². The second-order valence-corrected chi connectivity index (χ2v) is 4.79. The molecule has 3 atom stereocenters. The number of carbonyl (C=O) groups excluding carboxylic acids is 1. The quantitative estimate of drug-likeness (QED) is 0.542. The van der Waals surface area contributed by atoms with Gasteiger partial charge in [-0.15, -0.1) is 0 Å². The van der Waals surface area contributed by atoms with Crippen LogP contribution in [-0.4, -0.2) is 53.1 Å². The molecule has 1 heterocycles. The van der Waals surface area contributed by atoms with Gasteiger partial charge in [-0.3, -0.25) is 0 Å². The first-order valence-electron chi connectivity index (χ1n) is 5.93. The number of aliphatic carboxylic acids is 1. The molecule has 1 saturated heterocycles. The minimum absolute atomic E-state index is 0.310. The summed E-state index contributed by atoms with van der Waals surface area (Å²) in [7, 11) is 0. The maximum atomic E-state index is 11.5. The maximum Gasteiger partial charge on any atom is 0.328 e. The Hall–Kier alpha value is -1.34. The molecule has 104 valence electrons. The van der Waals surface area contributed by atoms with Crippen LogP contribution in [0.25, 0.3) is 0 Å². The highest BCUT2D eigenvalue weighted by atomic mass is 16.5. The van der Waals surface area contributed by atoms with Gasteiger partial charge in [0.25, 0.3) is 0 Å². The predicted octanol–water partition coefficient (Wildman–Crippen LogP) is -0.311. The van der Waals surface area contributed by atoms with Crippen molar-refractivity contribution in [3.8, 4) is 0 Å². The molecule has 0 spiro atoms. The van der Waals surface area contributed by atoms with Crippen molar-refractivity contribution in [1.29, 1.82) is 0 Å². The molecule has 0 bridgehead atoms. The van der Waals surface area contributed by atoms with Crippen molar-refractivity contribution in [1.82, 2.24) is 10.6 Å². The molecular formula is C11H20N2O5. The number of carboxylic acid groups (broad SMARTS) is 1. The van der Waals surface area contributed by atoms with E-state index in [4.69, 9.17) is 9.84 Å². The summed E-state index contributed by atoms with van der Waals surface area (Å²) in [5, 5.41) is 22.8. The summed E-state index contributed by atoms with van der Waals surface area (Å²) >= 11 is 0. The largest absolute Gasteiger partial charge is 0.480 e. The first-order valence-corrected chi connectivity index (χ1v) is 5.93. The number of hydrogen-bond donors (Lipinski definition) is 4. The van der Waals surface area contributed by atoms with E-state index in [9.17, 15) is 14.7 Å². The van der Waals surface area contributed by atoms with Gasteiger partial charge in [0.15, 0.2) is 6.04 Å². The number of amides is 2. The summed E-state index contributed by atoms with van der Waals surface area (Å²) in [5.74, 6) is -1.27. The molecule has 0 aromatic rings. The summed E-state index contributed by atoms with van der Waals surface area (Å²) < 4.78 is 5.48. The molecule has 1 aliphatic rings. The Morgan fingerprint density at radius 1 is 1.50 bits per heavy atom. The normalized spacial score (nSPS) is 26.4. The van der Waals surface area contributed by atoms with Crippen molar-refractivity contribution in [2.75, 3.05) is 13.2 Å². The average molecular weight is 260 g/mol. The fourth-order valence-electron chi connectivity index (χ4n) is 1.82. The van der Waals surface area contributed by atoms with E-state index in [1.807, 2.05) is 6.92 Å². The second-order valence-electron chi connectivity index (χ2n) is 4.79. The van der Waals surface area contributed by atoms with Crippen LogP contribution >= 0.6 is 0 Å². The van der Waals surface area contributed by atoms with Crippen molar-refractivity contribution in [3.63, 3.8) is 0 Å². The van der Waals surface area contributed by atoms with Gasteiger partial charge in [0.1, 0.15) is 0 Å². The third-order valence-corrected chi connectivity index (χ3v) is 2.96. The molecule has 4 N–H and O–H groups in total. The van der Waals surface area contributed by atoms with Gasteiger partial charge in [0.2, 0.25) is 0 Å². The number of rotatable bonds is 5. The number of carboxylic acids is 1. The first-order chi connectivity index (χ1) is 8.34. The van der Waals surface area contributed by atoms with Crippen LogP contribution < -0.4 is 10.6 Å². The zero-order valence-electron chi connectivity index (χ0n) is 10.6. The van der Waals surface area contributed by atoms with Gasteiger partial charge in [-0.2, -0.15) is 0 Å². The van der Waals surface area contributed by atoms with Crippen LogP contribution in [0, 0.1) is 0 Å². The molecule has 18 heavy (non-hydrogen) atoms. The fraction of sp³-hybridized carbons (Fsp3) is 0.818. The highest BCUT2D eigenvalue weighted by Gasteiger charge is 2.31. The lowest BCUT2D eigenvalue weighted by atomic mass is 10.0. The van der Waals surface area contributed by atoms with Gasteiger partial charge in [0, 0.05) is 13.2 Å². The van der Waals surface area contributed by atoms with E-state index in [-0.39, 0.29) is 5.60 Å².